The van der Waals surface area contributed by atoms with Crippen LogP contribution in [-0.4, -0.2) is 49.6 Å². The van der Waals surface area contributed by atoms with Crippen molar-refractivity contribution in [2.45, 2.75) is 52.1 Å². The van der Waals surface area contributed by atoms with Crippen LogP contribution in [0.3, 0.4) is 0 Å². The highest BCUT2D eigenvalue weighted by Gasteiger charge is 2.11. The predicted molar refractivity (Wildman–Crippen MR) is 73.1 cm³/mol. The second-order valence-corrected chi connectivity index (χ2v) is 5.99. The lowest BCUT2D eigenvalue weighted by Crippen LogP contribution is -2.40. The normalized spacial score (nSPS) is 13.8. The number of hydrogen-bond donors (Lipinski definition) is 2. The molecule has 0 radical (unpaired) electrons. The molecule has 0 fully saturated rings. The van der Waals surface area contributed by atoms with E-state index in [0.717, 1.165) is 19.5 Å². The van der Waals surface area contributed by atoms with E-state index in [9.17, 15) is 4.79 Å². The summed E-state index contributed by atoms with van der Waals surface area (Å²) in [6.45, 7) is 10.1. The van der Waals surface area contributed by atoms with Crippen molar-refractivity contribution in [2.75, 3.05) is 27.2 Å². The van der Waals surface area contributed by atoms with Crippen LogP contribution in [-0.2, 0) is 4.79 Å². The molecule has 0 aromatic rings. The topological polar surface area (TPSA) is 44.4 Å². The van der Waals surface area contributed by atoms with E-state index in [-0.39, 0.29) is 17.5 Å². The summed E-state index contributed by atoms with van der Waals surface area (Å²) in [5.41, 5.74) is 0.0802. The summed E-state index contributed by atoms with van der Waals surface area (Å²) >= 11 is 0. The minimum atomic E-state index is 0.0802. The first-order valence-electron chi connectivity index (χ1n) is 6.40. The van der Waals surface area contributed by atoms with E-state index >= 15 is 0 Å². The van der Waals surface area contributed by atoms with Crippen LogP contribution < -0.4 is 10.6 Å². The Morgan fingerprint density at radius 3 is 2.35 bits per heavy atom. The fourth-order valence-corrected chi connectivity index (χ4v) is 1.42. The van der Waals surface area contributed by atoms with Gasteiger partial charge in [0.05, 0.1) is 0 Å². The minimum absolute atomic E-state index is 0.0802. The summed E-state index contributed by atoms with van der Waals surface area (Å²) in [6, 6.07) is 0.250. The van der Waals surface area contributed by atoms with Gasteiger partial charge in [-0.25, -0.2) is 0 Å². The molecule has 1 amide bonds. The molecule has 0 aromatic heterocycles. The second-order valence-electron chi connectivity index (χ2n) is 5.99. The maximum absolute atomic E-state index is 11.6. The Kier molecular flexibility index (Phi) is 7.39. The highest BCUT2D eigenvalue weighted by atomic mass is 16.1. The number of nitrogens with one attached hydrogen (secondary N) is 2. The second kappa shape index (κ2) is 7.67. The van der Waals surface area contributed by atoms with Crippen molar-refractivity contribution in [3.05, 3.63) is 0 Å². The third kappa shape index (κ3) is 11.6. The van der Waals surface area contributed by atoms with Crippen molar-refractivity contribution in [3.63, 3.8) is 0 Å². The molecular formula is C13H29N3O. The van der Waals surface area contributed by atoms with E-state index in [1.54, 1.807) is 0 Å². The summed E-state index contributed by atoms with van der Waals surface area (Å²) in [5.74, 6) is 0.132. The van der Waals surface area contributed by atoms with Crippen molar-refractivity contribution in [1.82, 2.24) is 15.5 Å². The zero-order valence-electron chi connectivity index (χ0n) is 12.3. The third-order valence-electron chi connectivity index (χ3n) is 2.42. The van der Waals surface area contributed by atoms with Gasteiger partial charge in [-0.3, -0.25) is 4.79 Å². The third-order valence-corrected chi connectivity index (χ3v) is 2.42. The van der Waals surface area contributed by atoms with Crippen LogP contribution in [0.5, 0.6) is 0 Å². The number of carbonyl (C=O) groups excluding carboxylic acids is 1. The first-order chi connectivity index (χ1) is 7.70. The first-order valence-corrected chi connectivity index (χ1v) is 6.40. The molecule has 102 valence electrons. The van der Waals surface area contributed by atoms with Crippen molar-refractivity contribution in [1.29, 1.82) is 0 Å². The van der Waals surface area contributed by atoms with Crippen LogP contribution in [0.25, 0.3) is 0 Å². The van der Waals surface area contributed by atoms with Crippen LogP contribution >= 0.6 is 0 Å². The molecule has 4 heteroatoms. The summed E-state index contributed by atoms with van der Waals surface area (Å²) < 4.78 is 0. The molecule has 0 spiro atoms. The van der Waals surface area contributed by atoms with Crippen LogP contribution in [0, 0.1) is 0 Å². The maximum Gasteiger partial charge on any atom is 0.221 e. The Bertz CT molecular complexity index is 221. The summed E-state index contributed by atoms with van der Waals surface area (Å²) in [5, 5.41) is 6.32. The fourth-order valence-electron chi connectivity index (χ4n) is 1.42. The van der Waals surface area contributed by atoms with Crippen LogP contribution in [0.1, 0.15) is 40.5 Å². The monoisotopic (exact) mass is 243 g/mol. The van der Waals surface area contributed by atoms with Crippen LogP contribution in [0.15, 0.2) is 0 Å². The summed E-state index contributed by atoms with van der Waals surface area (Å²) in [4.78, 5) is 13.7. The van der Waals surface area contributed by atoms with Crippen molar-refractivity contribution in [2.24, 2.45) is 0 Å². The molecule has 0 saturated heterocycles. The Morgan fingerprint density at radius 2 is 1.88 bits per heavy atom. The molecule has 0 saturated carbocycles. The molecule has 0 aromatic carbocycles. The summed E-state index contributed by atoms with van der Waals surface area (Å²) in [6.07, 6.45) is 1.54. The van der Waals surface area contributed by atoms with E-state index in [2.05, 4.69) is 43.2 Å². The molecule has 2 N–H and O–H groups in total. The van der Waals surface area contributed by atoms with Gasteiger partial charge in [0.25, 0.3) is 0 Å². The largest absolute Gasteiger partial charge is 0.354 e. The van der Waals surface area contributed by atoms with Gasteiger partial charge < -0.3 is 15.5 Å². The molecule has 17 heavy (non-hydrogen) atoms. The van der Waals surface area contributed by atoms with E-state index in [1.165, 1.54) is 0 Å². The van der Waals surface area contributed by atoms with Crippen molar-refractivity contribution >= 4 is 5.91 Å². The molecule has 1 unspecified atom stereocenters. The van der Waals surface area contributed by atoms with Crippen molar-refractivity contribution in [3.8, 4) is 0 Å². The highest BCUT2D eigenvalue weighted by Crippen LogP contribution is 1.98. The molecule has 0 rings (SSSR count). The number of nitrogens with zero attached hydrogens (tertiary/aromatic N) is 1. The zero-order valence-corrected chi connectivity index (χ0v) is 12.3. The average Bonchev–Trinajstić information content (AvgIpc) is 2.12. The van der Waals surface area contributed by atoms with Gasteiger partial charge in [-0.15, -0.1) is 0 Å². The Balaban J connectivity index is 3.64. The molecular weight excluding hydrogens is 214 g/mol. The number of amides is 1. The summed E-state index contributed by atoms with van der Waals surface area (Å²) in [7, 11) is 4.09. The Labute approximate surface area is 106 Å². The van der Waals surface area contributed by atoms with Crippen LogP contribution in [0.2, 0.25) is 0 Å². The predicted octanol–water partition coefficient (Wildman–Crippen LogP) is 1.22. The first kappa shape index (κ1) is 16.4. The smallest absolute Gasteiger partial charge is 0.221 e. The van der Waals surface area contributed by atoms with E-state index in [1.807, 2.05) is 14.1 Å². The number of rotatable bonds is 7. The lowest BCUT2D eigenvalue weighted by molar-refractivity contribution is -0.121. The Morgan fingerprint density at radius 1 is 1.29 bits per heavy atom. The molecule has 4 nitrogen and oxygen atoms in total. The van der Waals surface area contributed by atoms with Gasteiger partial charge in [-0.05, 0) is 54.8 Å². The van der Waals surface area contributed by atoms with Crippen molar-refractivity contribution < 1.29 is 4.79 Å². The SMILES string of the molecule is CC(CCN(C)C)NC(=O)CCNC(C)(C)C. The van der Waals surface area contributed by atoms with Gasteiger partial charge in [-0.1, -0.05) is 0 Å². The zero-order chi connectivity index (χ0) is 13.5. The Hall–Kier alpha value is -0.610. The molecule has 0 aliphatic carbocycles. The van der Waals surface area contributed by atoms with Gasteiger partial charge in [0.2, 0.25) is 5.91 Å². The van der Waals surface area contributed by atoms with Gasteiger partial charge >= 0.3 is 0 Å². The number of hydrogen-bond acceptors (Lipinski definition) is 3. The van der Waals surface area contributed by atoms with Gasteiger partial charge in [-0.2, -0.15) is 0 Å². The average molecular weight is 243 g/mol. The minimum Gasteiger partial charge on any atom is -0.354 e. The number of carbonyl (C=O) groups is 1. The van der Waals surface area contributed by atoms with Gasteiger partial charge in [0.1, 0.15) is 0 Å². The van der Waals surface area contributed by atoms with Crippen LogP contribution in [0.4, 0.5) is 0 Å². The van der Waals surface area contributed by atoms with E-state index in [4.69, 9.17) is 0 Å². The van der Waals surface area contributed by atoms with E-state index in [0.29, 0.717) is 6.42 Å². The lowest BCUT2D eigenvalue weighted by Gasteiger charge is -2.21. The van der Waals surface area contributed by atoms with E-state index < -0.39 is 0 Å². The fraction of sp³-hybridized carbons (Fsp3) is 0.923. The molecule has 1 atom stereocenters. The lowest BCUT2D eigenvalue weighted by atomic mass is 10.1. The maximum atomic E-state index is 11.6. The molecule has 0 bridgehead atoms. The molecule has 0 aliphatic heterocycles. The quantitative estimate of drug-likeness (QED) is 0.707. The van der Waals surface area contributed by atoms with Gasteiger partial charge in [0.15, 0.2) is 0 Å². The highest BCUT2D eigenvalue weighted by molar-refractivity contribution is 5.76. The molecule has 0 heterocycles. The van der Waals surface area contributed by atoms with Gasteiger partial charge in [0, 0.05) is 24.5 Å². The molecule has 0 aliphatic rings. The standard InChI is InChI=1S/C13H29N3O/c1-11(8-10-16(5)6)15-12(17)7-9-14-13(2,3)4/h11,14H,7-10H2,1-6H3,(H,15,17).